The largest absolute Gasteiger partial charge is 0.379 e. The summed E-state index contributed by atoms with van der Waals surface area (Å²) >= 11 is 1.38. The summed E-state index contributed by atoms with van der Waals surface area (Å²) in [5, 5.41) is 5.30. The molecule has 1 aromatic heterocycles. The standard InChI is InChI=1S/C17H28N4O4S2/c1-2-11-27(23,24)21-6-4-3-5-15(21)16(22)19-17-18-14(13-26-17)12-20-7-9-25-10-8-20/h13,15H,2-12H2,1H3,(H,18,19,22). The Balaban J connectivity index is 1.61. The van der Waals surface area contributed by atoms with Gasteiger partial charge in [-0.1, -0.05) is 13.3 Å². The van der Waals surface area contributed by atoms with E-state index in [2.05, 4.69) is 15.2 Å². The van der Waals surface area contributed by atoms with E-state index in [-0.39, 0.29) is 11.7 Å². The van der Waals surface area contributed by atoms with E-state index >= 15 is 0 Å². The van der Waals surface area contributed by atoms with Crippen LogP contribution < -0.4 is 5.32 Å². The second kappa shape index (κ2) is 9.42. The topological polar surface area (TPSA) is 91.8 Å². The number of sulfonamides is 1. The number of ether oxygens (including phenoxy) is 1. The number of carbonyl (C=O) groups excluding carboxylic acids is 1. The summed E-state index contributed by atoms with van der Waals surface area (Å²) in [4.78, 5) is 19.5. The van der Waals surface area contributed by atoms with Crippen LogP contribution in [0.2, 0.25) is 0 Å². The van der Waals surface area contributed by atoms with Gasteiger partial charge >= 0.3 is 0 Å². The molecule has 0 saturated carbocycles. The summed E-state index contributed by atoms with van der Waals surface area (Å²) in [5.74, 6) is -0.195. The monoisotopic (exact) mass is 416 g/mol. The minimum atomic E-state index is -3.40. The summed E-state index contributed by atoms with van der Waals surface area (Å²) in [6.07, 6.45) is 2.76. The molecule has 2 aliphatic heterocycles. The van der Waals surface area contributed by atoms with Crippen molar-refractivity contribution in [3.05, 3.63) is 11.1 Å². The van der Waals surface area contributed by atoms with Gasteiger partial charge in [-0.2, -0.15) is 4.31 Å². The number of nitrogens with one attached hydrogen (secondary N) is 1. The Morgan fingerprint density at radius 3 is 2.85 bits per heavy atom. The van der Waals surface area contributed by atoms with Crippen molar-refractivity contribution in [3.8, 4) is 0 Å². The molecule has 1 unspecified atom stereocenters. The van der Waals surface area contributed by atoms with E-state index in [0.29, 0.717) is 24.5 Å². The molecule has 27 heavy (non-hydrogen) atoms. The first kappa shape index (κ1) is 20.7. The second-order valence-corrected chi connectivity index (χ2v) is 9.86. The highest BCUT2D eigenvalue weighted by molar-refractivity contribution is 7.89. The van der Waals surface area contributed by atoms with Crippen molar-refractivity contribution in [2.24, 2.45) is 0 Å². The Morgan fingerprint density at radius 1 is 1.33 bits per heavy atom. The lowest BCUT2D eigenvalue weighted by Crippen LogP contribution is -2.50. The predicted molar refractivity (Wildman–Crippen MR) is 105 cm³/mol. The molecule has 0 radical (unpaired) electrons. The van der Waals surface area contributed by atoms with Gasteiger partial charge in [0.25, 0.3) is 0 Å². The molecule has 1 N–H and O–H groups in total. The maximum absolute atomic E-state index is 12.8. The lowest BCUT2D eigenvalue weighted by molar-refractivity contribution is -0.120. The molecule has 2 fully saturated rings. The fraction of sp³-hybridized carbons (Fsp3) is 0.765. The van der Waals surface area contributed by atoms with Crippen LogP contribution in [0.4, 0.5) is 5.13 Å². The first-order valence-corrected chi connectivity index (χ1v) is 12.0. The molecule has 0 bridgehead atoms. The lowest BCUT2D eigenvalue weighted by Gasteiger charge is -2.33. The quantitative estimate of drug-likeness (QED) is 0.724. The molecule has 1 amide bonds. The number of anilines is 1. The third-order valence-electron chi connectivity index (χ3n) is 4.85. The number of nitrogens with zero attached hydrogens (tertiary/aromatic N) is 3. The predicted octanol–water partition coefficient (Wildman–Crippen LogP) is 1.51. The van der Waals surface area contributed by atoms with Gasteiger partial charge in [-0.25, -0.2) is 13.4 Å². The maximum Gasteiger partial charge on any atom is 0.244 e. The third-order valence-corrected chi connectivity index (χ3v) is 7.73. The maximum atomic E-state index is 12.8. The van der Waals surface area contributed by atoms with Crippen LogP contribution in [-0.2, 0) is 26.1 Å². The van der Waals surface area contributed by atoms with E-state index in [1.54, 1.807) is 0 Å². The van der Waals surface area contributed by atoms with Gasteiger partial charge in [0.05, 0.1) is 24.7 Å². The molecule has 1 atom stereocenters. The number of hydrogen-bond donors (Lipinski definition) is 1. The van der Waals surface area contributed by atoms with Crippen LogP contribution in [0.1, 0.15) is 38.3 Å². The fourth-order valence-corrected chi connectivity index (χ4v) is 5.94. The van der Waals surface area contributed by atoms with Gasteiger partial charge in [0.2, 0.25) is 15.9 Å². The third kappa shape index (κ3) is 5.47. The highest BCUT2D eigenvalue weighted by Gasteiger charge is 2.36. The number of amides is 1. The molecule has 0 spiro atoms. The van der Waals surface area contributed by atoms with E-state index < -0.39 is 16.1 Å². The van der Waals surface area contributed by atoms with Crippen LogP contribution in [0.3, 0.4) is 0 Å². The van der Waals surface area contributed by atoms with Crippen LogP contribution in [0.25, 0.3) is 0 Å². The Morgan fingerprint density at radius 2 is 2.11 bits per heavy atom. The van der Waals surface area contributed by atoms with Crippen LogP contribution >= 0.6 is 11.3 Å². The van der Waals surface area contributed by atoms with Gasteiger partial charge in [0.15, 0.2) is 5.13 Å². The van der Waals surface area contributed by atoms with E-state index in [1.807, 2.05) is 12.3 Å². The van der Waals surface area contributed by atoms with Gasteiger partial charge in [0, 0.05) is 31.6 Å². The van der Waals surface area contributed by atoms with E-state index in [9.17, 15) is 13.2 Å². The summed E-state index contributed by atoms with van der Waals surface area (Å²) in [6.45, 7) is 6.21. The second-order valence-electron chi connectivity index (χ2n) is 6.96. The molecule has 152 valence electrons. The molecule has 0 aliphatic carbocycles. The molecule has 3 heterocycles. The number of hydrogen-bond acceptors (Lipinski definition) is 7. The molecule has 8 nitrogen and oxygen atoms in total. The van der Waals surface area contributed by atoms with Gasteiger partial charge in [-0.05, 0) is 19.3 Å². The van der Waals surface area contributed by atoms with Crippen LogP contribution in [0.5, 0.6) is 0 Å². The normalized spacial score (nSPS) is 22.6. The molecular formula is C17H28N4O4S2. The van der Waals surface area contributed by atoms with Crippen molar-refractivity contribution in [2.45, 2.75) is 45.2 Å². The Hall–Kier alpha value is -1.07. The Kier molecular flexibility index (Phi) is 7.21. The van der Waals surface area contributed by atoms with Crippen LogP contribution in [-0.4, -0.2) is 73.2 Å². The van der Waals surface area contributed by atoms with Crippen molar-refractivity contribution in [1.82, 2.24) is 14.2 Å². The SMILES string of the molecule is CCCS(=O)(=O)N1CCCCC1C(=O)Nc1nc(CN2CCOCC2)cs1. The van der Waals surface area contributed by atoms with Crippen molar-refractivity contribution in [3.63, 3.8) is 0 Å². The molecule has 10 heteroatoms. The summed E-state index contributed by atoms with van der Waals surface area (Å²) in [6, 6.07) is -0.637. The number of rotatable bonds is 7. The molecule has 3 rings (SSSR count). The van der Waals surface area contributed by atoms with E-state index in [4.69, 9.17) is 4.74 Å². The molecule has 2 aliphatic rings. The van der Waals surface area contributed by atoms with E-state index in [1.165, 1.54) is 15.6 Å². The van der Waals surface area contributed by atoms with Crippen LogP contribution in [0, 0.1) is 0 Å². The number of piperidine rings is 1. The average Bonchev–Trinajstić information content (AvgIpc) is 3.09. The lowest BCUT2D eigenvalue weighted by atomic mass is 10.0. The van der Waals surface area contributed by atoms with Gasteiger partial charge in [0.1, 0.15) is 6.04 Å². The summed E-state index contributed by atoms with van der Waals surface area (Å²) in [7, 11) is -3.40. The zero-order chi connectivity index (χ0) is 19.3. The van der Waals surface area contributed by atoms with Crippen LogP contribution in [0.15, 0.2) is 5.38 Å². The van der Waals surface area contributed by atoms with Crippen molar-refractivity contribution >= 4 is 32.4 Å². The zero-order valence-corrected chi connectivity index (χ0v) is 17.4. The summed E-state index contributed by atoms with van der Waals surface area (Å²) < 4.78 is 31.7. The highest BCUT2D eigenvalue weighted by atomic mass is 32.2. The van der Waals surface area contributed by atoms with Gasteiger partial charge in [-0.15, -0.1) is 11.3 Å². The fourth-order valence-electron chi connectivity index (χ4n) is 3.49. The number of aromatic nitrogens is 1. The van der Waals surface area contributed by atoms with Crippen molar-refractivity contribution < 1.29 is 17.9 Å². The molecule has 1 aromatic rings. The first-order valence-electron chi connectivity index (χ1n) is 9.54. The zero-order valence-electron chi connectivity index (χ0n) is 15.7. The number of thiazole rings is 1. The minimum absolute atomic E-state index is 0.0811. The van der Waals surface area contributed by atoms with Gasteiger partial charge in [-0.3, -0.25) is 9.69 Å². The smallest absolute Gasteiger partial charge is 0.244 e. The number of carbonyl (C=O) groups is 1. The van der Waals surface area contributed by atoms with Gasteiger partial charge < -0.3 is 10.1 Å². The Bertz CT molecular complexity index is 731. The molecule has 2 saturated heterocycles. The summed E-state index contributed by atoms with van der Waals surface area (Å²) in [5.41, 5.74) is 0.913. The van der Waals surface area contributed by atoms with Crippen molar-refractivity contribution in [2.75, 3.05) is 43.9 Å². The minimum Gasteiger partial charge on any atom is -0.379 e. The highest BCUT2D eigenvalue weighted by Crippen LogP contribution is 2.24. The molecular weight excluding hydrogens is 388 g/mol. The van der Waals surface area contributed by atoms with E-state index in [0.717, 1.165) is 51.4 Å². The first-order chi connectivity index (χ1) is 13.0. The Labute approximate surface area is 164 Å². The number of morpholine rings is 1. The van der Waals surface area contributed by atoms with Crippen molar-refractivity contribution in [1.29, 1.82) is 0 Å². The molecule has 0 aromatic carbocycles. The average molecular weight is 417 g/mol.